The number of rotatable bonds is 5. The van der Waals surface area contributed by atoms with Crippen LogP contribution in [-0.2, 0) is 9.59 Å². The minimum Gasteiger partial charge on any atom is -0.480 e. The Kier molecular flexibility index (Phi) is 5.37. The first-order chi connectivity index (χ1) is 10.5. The third-order valence-electron chi connectivity index (χ3n) is 3.24. The predicted molar refractivity (Wildman–Crippen MR) is 79.3 cm³/mol. The van der Waals surface area contributed by atoms with Crippen molar-refractivity contribution in [2.24, 2.45) is 0 Å². The molecule has 6 nitrogen and oxygen atoms in total. The molecule has 1 aromatic rings. The summed E-state index contributed by atoms with van der Waals surface area (Å²) in [5.74, 6) is -1.72. The van der Waals surface area contributed by atoms with Crippen molar-refractivity contribution in [1.29, 1.82) is 0 Å². The standard InChI is InChI=1S/C14H15FN2O4S/c15-6-10(14(20)21)16-12(18)11-7-22-8-17(11)13(19)9-4-2-1-3-5-9/h1-5,10-11H,6-8H2,(H,16,18)(H,20,21). The fourth-order valence-electron chi connectivity index (χ4n) is 2.04. The van der Waals surface area contributed by atoms with Crippen LogP contribution in [-0.4, -0.2) is 58.2 Å². The molecule has 118 valence electrons. The average Bonchev–Trinajstić information content (AvgIpc) is 3.01. The lowest BCUT2D eigenvalue weighted by Crippen LogP contribution is -2.52. The van der Waals surface area contributed by atoms with E-state index in [1.807, 2.05) is 0 Å². The zero-order valence-electron chi connectivity index (χ0n) is 11.6. The molecule has 2 unspecified atom stereocenters. The van der Waals surface area contributed by atoms with Crippen molar-refractivity contribution in [1.82, 2.24) is 10.2 Å². The Morgan fingerprint density at radius 3 is 2.64 bits per heavy atom. The lowest BCUT2D eigenvalue weighted by Gasteiger charge is -2.24. The molecule has 1 saturated heterocycles. The molecule has 2 atom stereocenters. The molecule has 0 radical (unpaired) electrons. The third kappa shape index (κ3) is 3.56. The van der Waals surface area contributed by atoms with Crippen molar-refractivity contribution < 1.29 is 23.9 Å². The highest BCUT2D eigenvalue weighted by molar-refractivity contribution is 7.99. The zero-order chi connectivity index (χ0) is 16.1. The molecule has 0 saturated carbocycles. The summed E-state index contributed by atoms with van der Waals surface area (Å²) in [5, 5.41) is 10.9. The first-order valence-corrected chi connectivity index (χ1v) is 7.73. The zero-order valence-corrected chi connectivity index (χ0v) is 12.4. The Labute approximate surface area is 130 Å². The number of nitrogens with one attached hydrogen (secondary N) is 1. The molecule has 1 fully saturated rings. The molecule has 0 aliphatic carbocycles. The van der Waals surface area contributed by atoms with Crippen LogP contribution in [0.5, 0.6) is 0 Å². The highest BCUT2D eigenvalue weighted by Gasteiger charge is 2.36. The second-order valence-electron chi connectivity index (χ2n) is 4.71. The van der Waals surface area contributed by atoms with E-state index < -0.39 is 30.6 Å². The van der Waals surface area contributed by atoms with Crippen molar-refractivity contribution in [2.75, 3.05) is 18.3 Å². The Morgan fingerprint density at radius 2 is 2.05 bits per heavy atom. The maximum absolute atomic E-state index is 12.6. The lowest BCUT2D eigenvalue weighted by molar-refractivity contribution is -0.142. The molecule has 2 N–H and O–H groups in total. The first-order valence-electron chi connectivity index (χ1n) is 6.57. The van der Waals surface area contributed by atoms with Crippen molar-refractivity contribution in [3.05, 3.63) is 35.9 Å². The van der Waals surface area contributed by atoms with Crippen LogP contribution in [0.2, 0.25) is 0 Å². The van der Waals surface area contributed by atoms with Gasteiger partial charge >= 0.3 is 5.97 Å². The van der Waals surface area contributed by atoms with E-state index in [0.29, 0.717) is 17.2 Å². The second-order valence-corrected chi connectivity index (χ2v) is 5.71. The van der Waals surface area contributed by atoms with Gasteiger partial charge in [-0.15, -0.1) is 11.8 Å². The van der Waals surface area contributed by atoms with Crippen LogP contribution in [0.4, 0.5) is 4.39 Å². The molecular weight excluding hydrogens is 311 g/mol. The Morgan fingerprint density at radius 1 is 1.36 bits per heavy atom. The minimum absolute atomic E-state index is 0.308. The summed E-state index contributed by atoms with van der Waals surface area (Å²) in [4.78, 5) is 36.7. The van der Waals surface area contributed by atoms with E-state index in [-0.39, 0.29) is 5.91 Å². The Bertz CT molecular complexity index is 569. The van der Waals surface area contributed by atoms with Crippen molar-refractivity contribution in [3.63, 3.8) is 0 Å². The molecule has 0 bridgehead atoms. The van der Waals surface area contributed by atoms with Gasteiger partial charge in [0.05, 0.1) is 5.88 Å². The summed E-state index contributed by atoms with van der Waals surface area (Å²) in [6.07, 6.45) is 0. The van der Waals surface area contributed by atoms with E-state index >= 15 is 0 Å². The number of alkyl halides is 1. The molecule has 2 rings (SSSR count). The van der Waals surface area contributed by atoms with E-state index in [0.717, 1.165) is 0 Å². The van der Waals surface area contributed by atoms with Gasteiger partial charge in [0, 0.05) is 11.3 Å². The van der Waals surface area contributed by atoms with Crippen LogP contribution in [0.3, 0.4) is 0 Å². The average molecular weight is 326 g/mol. The molecule has 8 heteroatoms. The van der Waals surface area contributed by atoms with Crippen molar-refractivity contribution in [3.8, 4) is 0 Å². The van der Waals surface area contributed by atoms with Gasteiger partial charge in [0.1, 0.15) is 12.7 Å². The highest BCUT2D eigenvalue weighted by atomic mass is 32.2. The topological polar surface area (TPSA) is 86.7 Å². The van der Waals surface area contributed by atoms with E-state index in [1.165, 1.54) is 16.7 Å². The van der Waals surface area contributed by atoms with Gasteiger partial charge in [0.15, 0.2) is 6.04 Å². The SMILES string of the molecule is O=C(O)C(CF)NC(=O)C1CSCN1C(=O)c1ccccc1. The van der Waals surface area contributed by atoms with Crippen LogP contribution in [0.15, 0.2) is 30.3 Å². The monoisotopic (exact) mass is 326 g/mol. The lowest BCUT2D eigenvalue weighted by atomic mass is 10.1. The van der Waals surface area contributed by atoms with Gasteiger partial charge in [0.2, 0.25) is 5.91 Å². The maximum atomic E-state index is 12.6. The predicted octanol–water partition coefficient (Wildman–Crippen LogP) is 0.741. The van der Waals surface area contributed by atoms with Crippen LogP contribution < -0.4 is 5.32 Å². The van der Waals surface area contributed by atoms with Gasteiger partial charge in [0.25, 0.3) is 5.91 Å². The van der Waals surface area contributed by atoms with E-state index in [1.54, 1.807) is 30.3 Å². The molecule has 1 aliphatic heterocycles. The summed E-state index contributed by atoms with van der Waals surface area (Å²) in [5.41, 5.74) is 0.447. The first kappa shape index (κ1) is 16.3. The number of amides is 2. The van der Waals surface area contributed by atoms with Gasteiger partial charge in [-0.2, -0.15) is 0 Å². The van der Waals surface area contributed by atoms with Crippen molar-refractivity contribution >= 4 is 29.5 Å². The number of nitrogens with zero attached hydrogens (tertiary/aromatic N) is 1. The molecule has 0 aromatic heterocycles. The van der Waals surface area contributed by atoms with Gasteiger partial charge in [-0.05, 0) is 12.1 Å². The molecular formula is C14H15FN2O4S. The number of hydrogen-bond acceptors (Lipinski definition) is 4. The molecule has 2 amide bonds. The van der Waals surface area contributed by atoms with Gasteiger partial charge in [-0.3, -0.25) is 9.59 Å². The molecule has 0 spiro atoms. The molecule has 1 heterocycles. The number of aliphatic carboxylic acids is 1. The third-order valence-corrected chi connectivity index (χ3v) is 4.25. The number of benzene rings is 1. The maximum Gasteiger partial charge on any atom is 0.328 e. The molecule has 1 aromatic carbocycles. The fraction of sp³-hybridized carbons (Fsp3) is 0.357. The number of hydrogen-bond donors (Lipinski definition) is 2. The Hall–Kier alpha value is -2.09. The summed E-state index contributed by atoms with van der Waals surface area (Å²) < 4.78 is 12.6. The number of halogens is 1. The molecule has 1 aliphatic rings. The second kappa shape index (κ2) is 7.26. The summed E-state index contributed by atoms with van der Waals surface area (Å²) in [6.45, 7) is -1.20. The number of carbonyl (C=O) groups is 3. The largest absolute Gasteiger partial charge is 0.480 e. The van der Waals surface area contributed by atoms with E-state index in [2.05, 4.69) is 5.32 Å². The van der Waals surface area contributed by atoms with Gasteiger partial charge < -0.3 is 15.3 Å². The van der Waals surface area contributed by atoms with Crippen LogP contribution in [0.1, 0.15) is 10.4 Å². The number of carbonyl (C=O) groups excluding carboxylic acids is 2. The van der Waals surface area contributed by atoms with Gasteiger partial charge in [-0.25, -0.2) is 9.18 Å². The highest BCUT2D eigenvalue weighted by Crippen LogP contribution is 2.23. The summed E-state index contributed by atoms with van der Waals surface area (Å²) in [6, 6.07) is 6.10. The minimum atomic E-state index is -1.59. The smallest absolute Gasteiger partial charge is 0.328 e. The van der Waals surface area contributed by atoms with Gasteiger partial charge in [-0.1, -0.05) is 18.2 Å². The van der Waals surface area contributed by atoms with E-state index in [4.69, 9.17) is 5.11 Å². The van der Waals surface area contributed by atoms with E-state index in [9.17, 15) is 18.8 Å². The van der Waals surface area contributed by atoms with Crippen molar-refractivity contribution in [2.45, 2.75) is 12.1 Å². The van der Waals surface area contributed by atoms with Crippen LogP contribution >= 0.6 is 11.8 Å². The van der Waals surface area contributed by atoms with Crippen LogP contribution in [0, 0.1) is 0 Å². The normalized spacial score (nSPS) is 18.8. The molecule has 22 heavy (non-hydrogen) atoms. The summed E-state index contributed by atoms with van der Waals surface area (Å²) >= 11 is 1.39. The number of thioether (sulfide) groups is 1. The van der Waals surface area contributed by atoms with Crippen LogP contribution in [0.25, 0.3) is 0 Å². The fourth-order valence-corrected chi connectivity index (χ4v) is 3.19. The number of carboxylic acids is 1. The quantitative estimate of drug-likeness (QED) is 0.833. The Balaban J connectivity index is 2.08. The summed E-state index contributed by atoms with van der Waals surface area (Å²) in [7, 11) is 0. The number of carboxylic acid groups (broad SMARTS) is 1.